The Balaban J connectivity index is 2.57. The molecule has 19 heavy (non-hydrogen) atoms. The molecule has 4 N–H and O–H groups in total. The molecule has 0 aliphatic rings. The number of nitrogens with one attached hydrogen (secondary N) is 2. The van der Waals surface area contributed by atoms with Gasteiger partial charge in [-0.3, -0.25) is 5.43 Å². The van der Waals surface area contributed by atoms with Crippen LogP contribution in [0.15, 0.2) is 29.3 Å². The molecule has 0 aromatic heterocycles. The number of methoxy groups -OCH3 is 1. The Morgan fingerprint density at radius 2 is 2.00 bits per heavy atom. The molecule has 0 bridgehead atoms. The number of rotatable bonds is 6. The van der Waals surface area contributed by atoms with E-state index in [0.29, 0.717) is 19.1 Å². The lowest BCUT2D eigenvalue weighted by Crippen LogP contribution is -2.36. The minimum absolute atomic E-state index is 0.163. The summed E-state index contributed by atoms with van der Waals surface area (Å²) >= 11 is 0. The number of hydrogen-bond acceptors (Lipinski definition) is 4. The van der Waals surface area contributed by atoms with Gasteiger partial charge < -0.3 is 14.8 Å². The zero-order valence-corrected chi connectivity index (χ0v) is 11.6. The van der Waals surface area contributed by atoms with E-state index in [4.69, 9.17) is 15.3 Å². The number of hydrazine groups is 1. The summed E-state index contributed by atoms with van der Waals surface area (Å²) in [6.07, 6.45) is 0.163. The van der Waals surface area contributed by atoms with Gasteiger partial charge in [-0.15, -0.1) is 0 Å². The number of hydrogen-bond donors (Lipinski definition) is 3. The van der Waals surface area contributed by atoms with Gasteiger partial charge in [0, 0.05) is 12.8 Å². The number of aliphatic imine (C=N–C) groups is 1. The number of nitrogens with two attached hydrogens (primary N) is 1. The summed E-state index contributed by atoms with van der Waals surface area (Å²) in [4.78, 5) is 4.21. The van der Waals surface area contributed by atoms with E-state index >= 15 is 0 Å². The van der Waals surface area contributed by atoms with Gasteiger partial charge in [-0.2, -0.15) is 0 Å². The van der Waals surface area contributed by atoms with Gasteiger partial charge in [0.2, 0.25) is 5.96 Å². The predicted octanol–water partition coefficient (Wildman–Crippen LogP) is 1.35. The van der Waals surface area contributed by atoms with Gasteiger partial charge in [-0.1, -0.05) is 0 Å². The first kappa shape index (κ1) is 15.3. The second kappa shape index (κ2) is 8.34. The van der Waals surface area contributed by atoms with Crippen molar-refractivity contribution in [2.24, 2.45) is 10.8 Å². The van der Waals surface area contributed by atoms with Crippen molar-refractivity contribution in [2.45, 2.75) is 20.0 Å². The third kappa shape index (κ3) is 6.08. The van der Waals surface area contributed by atoms with Crippen molar-refractivity contribution >= 4 is 11.6 Å². The van der Waals surface area contributed by atoms with Crippen LogP contribution in [-0.2, 0) is 4.74 Å². The quantitative estimate of drug-likeness (QED) is 0.238. The van der Waals surface area contributed by atoms with Gasteiger partial charge in [-0.25, -0.2) is 10.8 Å². The minimum Gasteiger partial charge on any atom is -0.491 e. The second-order valence-corrected chi connectivity index (χ2v) is 4.18. The highest BCUT2D eigenvalue weighted by atomic mass is 16.5. The van der Waals surface area contributed by atoms with E-state index in [-0.39, 0.29) is 6.10 Å². The Labute approximate surface area is 114 Å². The van der Waals surface area contributed by atoms with E-state index in [9.17, 15) is 0 Å². The van der Waals surface area contributed by atoms with Crippen LogP contribution in [0, 0.1) is 0 Å². The lowest BCUT2D eigenvalue weighted by atomic mass is 10.3. The first-order valence-electron chi connectivity index (χ1n) is 6.19. The second-order valence-electron chi connectivity index (χ2n) is 4.18. The summed E-state index contributed by atoms with van der Waals surface area (Å²) in [5.41, 5.74) is 3.39. The Kier molecular flexibility index (Phi) is 6.70. The molecule has 0 unspecified atom stereocenters. The molecule has 1 aromatic rings. The van der Waals surface area contributed by atoms with Crippen LogP contribution < -0.4 is 21.3 Å². The summed E-state index contributed by atoms with van der Waals surface area (Å²) in [5, 5.41) is 3.07. The van der Waals surface area contributed by atoms with E-state index in [1.807, 2.05) is 38.1 Å². The van der Waals surface area contributed by atoms with Crippen molar-refractivity contribution in [3.8, 4) is 5.75 Å². The lowest BCUT2D eigenvalue weighted by Gasteiger charge is -2.12. The van der Waals surface area contributed by atoms with Crippen LogP contribution >= 0.6 is 0 Å². The topological polar surface area (TPSA) is 80.9 Å². The normalized spacial score (nSPS) is 11.5. The first-order chi connectivity index (χ1) is 9.15. The molecule has 0 fully saturated rings. The van der Waals surface area contributed by atoms with E-state index < -0.39 is 0 Å². The van der Waals surface area contributed by atoms with Gasteiger partial charge in [-0.05, 0) is 38.1 Å². The fraction of sp³-hybridized carbons (Fsp3) is 0.462. The van der Waals surface area contributed by atoms with Crippen LogP contribution in [0.1, 0.15) is 13.8 Å². The standard InChI is InChI=1S/C13H22N4O2/c1-10(2)19-12-6-4-11(5-7-12)16-13(17-14)15-8-9-18-3/h4-7,10H,8-9,14H2,1-3H3,(H2,15,16,17). The van der Waals surface area contributed by atoms with Crippen LogP contribution in [0.2, 0.25) is 0 Å². The van der Waals surface area contributed by atoms with Crippen LogP contribution in [0.3, 0.4) is 0 Å². The van der Waals surface area contributed by atoms with Crippen molar-refractivity contribution in [1.82, 2.24) is 5.43 Å². The zero-order chi connectivity index (χ0) is 14.1. The van der Waals surface area contributed by atoms with Crippen LogP contribution in [0.4, 0.5) is 5.69 Å². The molecular weight excluding hydrogens is 244 g/mol. The van der Waals surface area contributed by atoms with Crippen LogP contribution in [-0.4, -0.2) is 32.3 Å². The van der Waals surface area contributed by atoms with Crippen LogP contribution in [0.5, 0.6) is 5.75 Å². The number of benzene rings is 1. The molecule has 106 valence electrons. The van der Waals surface area contributed by atoms with E-state index in [2.05, 4.69) is 15.7 Å². The van der Waals surface area contributed by atoms with Gasteiger partial charge in [0.15, 0.2) is 0 Å². The van der Waals surface area contributed by atoms with Gasteiger partial charge in [0.1, 0.15) is 5.75 Å². The molecule has 0 radical (unpaired) electrons. The van der Waals surface area contributed by atoms with Crippen molar-refractivity contribution in [3.63, 3.8) is 0 Å². The van der Waals surface area contributed by atoms with Gasteiger partial charge in [0.25, 0.3) is 0 Å². The molecular formula is C13H22N4O2. The zero-order valence-electron chi connectivity index (χ0n) is 11.6. The monoisotopic (exact) mass is 266 g/mol. The molecule has 6 heteroatoms. The predicted molar refractivity (Wildman–Crippen MR) is 77.3 cm³/mol. The molecule has 0 amide bonds. The van der Waals surface area contributed by atoms with Crippen molar-refractivity contribution < 1.29 is 9.47 Å². The molecule has 1 rings (SSSR count). The fourth-order valence-electron chi connectivity index (χ4n) is 1.40. The molecule has 0 atom stereocenters. The molecule has 0 saturated heterocycles. The van der Waals surface area contributed by atoms with Crippen molar-refractivity contribution in [1.29, 1.82) is 0 Å². The smallest absolute Gasteiger partial charge is 0.210 e. The Hall–Kier alpha value is -1.79. The van der Waals surface area contributed by atoms with E-state index in [0.717, 1.165) is 11.4 Å². The Morgan fingerprint density at radius 3 is 2.53 bits per heavy atom. The maximum atomic E-state index is 5.57. The maximum Gasteiger partial charge on any atom is 0.210 e. The Bertz CT molecular complexity index is 390. The highest BCUT2D eigenvalue weighted by molar-refractivity contribution is 5.93. The van der Waals surface area contributed by atoms with Crippen molar-refractivity contribution in [2.75, 3.05) is 25.6 Å². The molecule has 1 aromatic carbocycles. The van der Waals surface area contributed by atoms with Crippen molar-refractivity contribution in [3.05, 3.63) is 24.3 Å². The number of anilines is 1. The summed E-state index contributed by atoms with van der Waals surface area (Å²) in [7, 11) is 1.63. The van der Waals surface area contributed by atoms with Gasteiger partial charge >= 0.3 is 0 Å². The average molecular weight is 266 g/mol. The third-order valence-corrected chi connectivity index (χ3v) is 2.19. The summed E-state index contributed by atoms with van der Waals surface area (Å²) in [6, 6.07) is 7.60. The average Bonchev–Trinajstić information content (AvgIpc) is 2.39. The molecule has 0 spiro atoms. The largest absolute Gasteiger partial charge is 0.491 e. The highest BCUT2D eigenvalue weighted by Gasteiger charge is 2.00. The molecule has 0 aliphatic carbocycles. The minimum atomic E-state index is 0.163. The maximum absolute atomic E-state index is 5.57. The lowest BCUT2D eigenvalue weighted by molar-refractivity contribution is 0.208. The first-order valence-corrected chi connectivity index (χ1v) is 6.19. The Morgan fingerprint density at radius 1 is 1.32 bits per heavy atom. The summed E-state index contributed by atoms with van der Waals surface area (Å²) < 4.78 is 10.5. The van der Waals surface area contributed by atoms with E-state index in [1.165, 1.54) is 0 Å². The molecule has 0 saturated carbocycles. The fourth-order valence-corrected chi connectivity index (χ4v) is 1.40. The SMILES string of the molecule is COCCN=C(NN)Nc1ccc(OC(C)C)cc1. The number of ether oxygens (including phenoxy) is 2. The van der Waals surface area contributed by atoms with Crippen LogP contribution in [0.25, 0.3) is 0 Å². The molecule has 6 nitrogen and oxygen atoms in total. The number of guanidine groups is 1. The number of nitrogens with zero attached hydrogens (tertiary/aromatic N) is 1. The van der Waals surface area contributed by atoms with E-state index in [1.54, 1.807) is 7.11 Å². The van der Waals surface area contributed by atoms with Gasteiger partial charge in [0.05, 0.1) is 19.3 Å². The summed E-state index contributed by atoms with van der Waals surface area (Å²) in [5.74, 6) is 6.72. The molecule has 0 aliphatic heterocycles. The molecule has 0 heterocycles. The highest BCUT2D eigenvalue weighted by Crippen LogP contribution is 2.16. The third-order valence-electron chi connectivity index (χ3n) is 2.19. The summed E-state index contributed by atoms with van der Waals surface area (Å²) in [6.45, 7) is 5.07.